The Hall–Kier alpha value is -2.72. The molecule has 0 atom stereocenters. The predicted octanol–water partition coefficient (Wildman–Crippen LogP) is 2.54. The Morgan fingerprint density at radius 3 is 2.58 bits per heavy atom. The molecule has 0 radical (unpaired) electrons. The molecule has 172 valence electrons. The van der Waals surface area contributed by atoms with E-state index >= 15 is 0 Å². The van der Waals surface area contributed by atoms with E-state index in [4.69, 9.17) is 22.9 Å². The first-order valence-corrected chi connectivity index (χ1v) is 12.5. The summed E-state index contributed by atoms with van der Waals surface area (Å²) >= 11 is 6.78. The van der Waals surface area contributed by atoms with Gasteiger partial charge in [0.2, 0.25) is 5.91 Å². The number of carbonyl (C=O) groups is 2. The lowest BCUT2D eigenvalue weighted by Crippen LogP contribution is -2.40. The topological polar surface area (TPSA) is 101 Å². The lowest BCUT2D eigenvalue weighted by molar-refractivity contribution is -0.124. The van der Waals surface area contributed by atoms with Crippen LogP contribution in [0.5, 0.6) is 0 Å². The molecule has 0 unspecified atom stereocenters. The molecule has 2 aliphatic heterocycles. The van der Waals surface area contributed by atoms with Crippen molar-refractivity contribution in [2.24, 2.45) is 11.7 Å². The number of anilines is 1. The van der Waals surface area contributed by atoms with E-state index in [2.05, 4.69) is 0 Å². The number of piperidine rings is 1. The number of fused-ring (bicyclic) bond motifs is 1. The highest BCUT2D eigenvalue weighted by Crippen LogP contribution is 2.38. The Kier molecular flexibility index (Phi) is 5.96. The van der Waals surface area contributed by atoms with Gasteiger partial charge < -0.3 is 10.6 Å². The van der Waals surface area contributed by atoms with Crippen molar-refractivity contribution >= 4 is 57.7 Å². The first-order valence-electron chi connectivity index (χ1n) is 11.3. The Balaban J connectivity index is 1.56. The maximum Gasteiger partial charge on any atom is 0.267 e. The van der Waals surface area contributed by atoms with Crippen molar-refractivity contribution in [2.75, 3.05) is 18.0 Å². The number of hydrogen-bond acceptors (Lipinski definition) is 7. The van der Waals surface area contributed by atoms with Gasteiger partial charge in [-0.2, -0.15) is 0 Å². The fourth-order valence-electron chi connectivity index (χ4n) is 4.92. The molecule has 3 fully saturated rings. The van der Waals surface area contributed by atoms with Gasteiger partial charge in [-0.15, -0.1) is 0 Å². The van der Waals surface area contributed by atoms with Crippen molar-refractivity contribution in [1.82, 2.24) is 14.3 Å². The number of aromatic nitrogens is 2. The molecule has 2 aromatic heterocycles. The van der Waals surface area contributed by atoms with Gasteiger partial charge in [-0.1, -0.05) is 42.9 Å². The molecule has 4 heterocycles. The Bertz CT molecular complexity index is 1230. The van der Waals surface area contributed by atoms with E-state index in [0.29, 0.717) is 52.2 Å². The quantitative estimate of drug-likeness (QED) is 0.527. The number of hydrogen-bond donors (Lipinski definition) is 1. The zero-order chi connectivity index (χ0) is 23.1. The zero-order valence-electron chi connectivity index (χ0n) is 18.1. The number of primary amides is 1. The highest BCUT2D eigenvalue weighted by atomic mass is 32.2. The average molecular weight is 484 g/mol. The van der Waals surface area contributed by atoms with Gasteiger partial charge in [0.1, 0.15) is 15.8 Å². The number of nitrogens with two attached hydrogens (primary N) is 1. The van der Waals surface area contributed by atoms with Crippen molar-refractivity contribution in [3.8, 4) is 0 Å². The smallest absolute Gasteiger partial charge is 0.267 e. The first-order chi connectivity index (χ1) is 15.9. The molecule has 33 heavy (non-hydrogen) atoms. The second-order valence-electron chi connectivity index (χ2n) is 8.74. The third-order valence-corrected chi connectivity index (χ3v) is 8.07. The summed E-state index contributed by atoms with van der Waals surface area (Å²) in [5, 5.41) is 0. The fourth-order valence-corrected chi connectivity index (χ4v) is 6.30. The molecule has 2 aromatic rings. The zero-order valence-corrected chi connectivity index (χ0v) is 19.7. The van der Waals surface area contributed by atoms with E-state index in [1.54, 1.807) is 29.3 Å². The van der Waals surface area contributed by atoms with Gasteiger partial charge in [-0.3, -0.25) is 23.7 Å². The molecular formula is C23H25N5O3S2. The van der Waals surface area contributed by atoms with Crippen LogP contribution in [0, 0.1) is 5.92 Å². The van der Waals surface area contributed by atoms with Crippen LogP contribution in [0.3, 0.4) is 0 Å². The number of carbonyl (C=O) groups excluding carboxylic acids is 2. The number of thiocarbonyl (C=S) groups is 1. The minimum Gasteiger partial charge on any atom is -0.369 e. The van der Waals surface area contributed by atoms with Crippen LogP contribution in [0.4, 0.5) is 5.82 Å². The largest absolute Gasteiger partial charge is 0.369 e. The number of amides is 2. The van der Waals surface area contributed by atoms with Crippen LogP contribution in [-0.4, -0.2) is 49.6 Å². The summed E-state index contributed by atoms with van der Waals surface area (Å²) in [4.78, 5) is 47.3. The molecule has 5 rings (SSSR count). The third kappa shape index (κ3) is 4.06. The molecule has 2 saturated heterocycles. The summed E-state index contributed by atoms with van der Waals surface area (Å²) < 4.78 is 2.04. The Labute approximate surface area is 200 Å². The summed E-state index contributed by atoms with van der Waals surface area (Å²) in [6, 6.07) is 5.53. The van der Waals surface area contributed by atoms with Crippen LogP contribution in [0.15, 0.2) is 34.1 Å². The monoisotopic (exact) mass is 483 g/mol. The Morgan fingerprint density at radius 2 is 1.88 bits per heavy atom. The molecule has 2 N–H and O–H groups in total. The summed E-state index contributed by atoms with van der Waals surface area (Å²) in [5.41, 5.74) is 6.15. The lowest BCUT2D eigenvalue weighted by atomic mass is 9.96. The van der Waals surface area contributed by atoms with Crippen LogP contribution < -0.4 is 16.2 Å². The van der Waals surface area contributed by atoms with Crippen molar-refractivity contribution in [3.05, 3.63) is 45.2 Å². The fraction of sp³-hybridized carbons (Fsp3) is 0.435. The Morgan fingerprint density at radius 1 is 1.15 bits per heavy atom. The molecule has 0 aromatic carbocycles. The summed E-state index contributed by atoms with van der Waals surface area (Å²) in [5.74, 6) is -0.0704. The highest BCUT2D eigenvalue weighted by molar-refractivity contribution is 8.26. The maximum atomic E-state index is 13.5. The van der Waals surface area contributed by atoms with E-state index in [1.807, 2.05) is 11.0 Å². The van der Waals surface area contributed by atoms with Gasteiger partial charge in [0, 0.05) is 31.2 Å². The van der Waals surface area contributed by atoms with E-state index < -0.39 is 0 Å². The number of rotatable bonds is 4. The third-order valence-electron chi connectivity index (χ3n) is 6.73. The molecule has 0 bridgehead atoms. The van der Waals surface area contributed by atoms with Crippen LogP contribution in [0.25, 0.3) is 11.7 Å². The SMILES string of the molecule is NC(=O)C1CCN(c2nc3ccccn3c(=O)c2/C=C2\SC(=S)N(C3CCCC3)C2=O)CC1. The number of thioether (sulfide) groups is 1. The highest BCUT2D eigenvalue weighted by Gasteiger charge is 2.38. The minimum absolute atomic E-state index is 0.132. The standard InChI is InChI=1S/C23H25N5O3S2/c24-19(29)14-8-11-26(12-9-14)20-16(21(30)27-10-4-3-7-18(27)25-20)13-17-22(31)28(23(32)33-17)15-5-1-2-6-15/h3-4,7,10,13-15H,1-2,5-6,8-9,11-12H2,(H2,24,29)/b17-13-. The number of pyridine rings is 1. The van der Waals surface area contributed by atoms with Crippen LogP contribution >= 0.6 is 24.0 Å². The number of nitrogens with zero attached hydrogens (tertiary/aromatic N) is 4. The van der Waals surface area contributed by atoms with Crippen LogP contribution in [0.2, 0.25) is 0 Å². The summed E-state index contributed by atoms with van der Waals surface area (Å²) in [7, 11) is 0. The maximum absolute atomic E-state index is 13.5. The van der Waals surface area contributed by atoms with Gasteiger partial charge >= 0.3 is 0 Å². The molecule has 1 saturated carbocycles. The van der Waals surface area contributed by atoms with Gasteiger partial charge in [-0.05, 0) is 43.9 Å². The summed E-state index contributed by atoms with van der Waals surface area (Å²) in [6.45, 7) is 1.12. The minimum atomic E-state index is -0.294. The van der Waals surface area contributed by atoms with Crippen molar-refractivity contribution in [3.63, 3.8) is 0 Å². The molecule has 1 aliphatic carbocycles. The van der Waals surface area contributed by atoms with Crippen LogP contribution in [0.1, 0.15) is 44.1 Å². The molecule has 8 nitrogen and oxygen atoms in total. The van der Waals surface area contributed by atoms with Gasteiger partial charge in [0.15, 0.2) is 0 Å². The van der Waals surface area contributed by atoms with Crippen molar-refractivity contribution in [1.29, 1.82) is 0 Å². The van der Waals surface area contributed by atoms with Gasteiger partial charge in [0.25, 0.3) is 11.5 Å². The first kappa shape index (κ1) is 22.1. The molecule has 3 aliphatic rings. The van der Waals surface area contributed by atoms with E-state index in [1.165, 1.54) is 16.2 Å². The van der Waals surface area contributed by atoms with E-state index in [0.717, 1.165) is 25.7 Å². The second kappa shape index (κ2) is 8.90. The van der Waals surface area contributed by atoms with Crippen molar-refractivity contribution < 1.29 is 9.59 Å². The average Bonchev–Trinajstić information content (AvgIpc) is 3.43. The second-order valence-corrected chi connectivity index (χ2v) is 10.4. The molecule has 0 spiro atoms. The van der Waals surface area contributed by atoms with Gasteiger partial charge in [-0.25, -0.2) is 4.98 Å². The molecule has 10 heteroatoms. The van der Waals surface area contributed by atoms with E-state index in [-0.39, 0.29) is 29.3 Å². The predicted molar refractivity (Wildman–Crippen MR) is 133 cm³/mol. The van der Waals surface area contributed by atoms with Crippen LogP contribution in [-0.2, 0) is 9.59 Å². The van der Waals surface area contributed by atoms with E-state index in [9.17, 15) is 14.4 Å². The van der Waals surface area contributed by atoms with Crippen molar-refractivity contribution in [2.45, 2.75) is 44.6 Å². The molecule has 2 amide bonds. The molecular weight excluding hydrogens is 458 g/mol. The summed E-state index contributed by atoms with van der Waals surface area (Å²) in [6.07, 6.45) is 8.65. The normalized spacial score (nSPS) is 21.6. The lowest BCUT2D eigenvalue weighted by Gasteiger charge is -2.32. The van der Waals surface area contributed by atoms with Gasteiger partial charge in [0.05, 0.1) is 10.5 Å².